The zero-order valence-corrected chi connectivity index (χ0v) is 26.1. The Balaban J connectivity index is 1.78. The maximum Gasteiger partial charge on any atom is 0.418 e. The number of halogens is 4. The highest BCUT2D eigenvalue weighted by Gasteiger charge is 2.46. The molecule has 1 aliphatic carbocycles. The minimum atomic E-state index is -4.67. The van der Waals surface area contributed by atoms with Gasteiger partial charge in [-0.1, -0.05) is 105 Å². The molecule has 0 saturated heterocycles. The van der Waals surface area contributed by atoms with E-state index in [9.17, 15) is 21.6 Å². The quantitative estimate of drug-likeness (QED) is 0.136. The molecule has 1 aromatic heterocycles. The highest BCUT2D eigenvalue weighted by atomic mass is 35.5. The minimum absolute atomic E-state index is 0.0419. The second-order valence-corrected chi connectivity index (χ2v) is 14.1. The first-order valence-corrected chi connectivity index (χ1v) is 16.5. The summed E-state index contributed by atoms with van der Waals surface area (Å²) in [7, 11) is -3.98. The van der Waals surface area contributed by atoms with Crippen molar-refractivity contribution in [1.82, 2.24) is 4.98 Å². The van der Waals surface area contributed by atoms with Gasteiger partial charge in [-0.2, -0.15) is 13.2 Å². The third kappa shape index (κ3) is 6.69. The van der Waals surface area contributed by atoms with Crippen LogP contribution in [0.3, 0.4) is 0 Å². The number of sulfone groups is 1. The SMILES string of the molecule is CC(C)CC=CCS(=O)(=O)C1=CC=C(c2ccccc2)CC1(Cl)c1c(Cc2ccccc2)cnc2c(C(F)(F)F)cccc12. The number of para-hydroxylation sites is 1. The van der Waals surface area contributed by atoms with Gasteiger partial charge in [-0.15, -0.1) is 11.6 Å². The lowest BCUT2D eigenvalue weighted by molar-refractivity contribution is -0.136. The molecule has 1 unspecified atom stereocenters. The van der Waals surface area contributed by atoms with Gasteiger partial charge in [0.2, 0.25) is 0 Å². The van der Waals surface area contributed by atoms with Gasteiger partial charge in [-0.05, 0) is 58.7 Å². The number of pyridine rings is 1. The van der Waals surface area contributed by atoms with Gasteiger partial charge in [0.05, 0.1) is 21.7 Å². The summed E-state index contributed by atoms with van der Waals surface area (Å²) in [5, 5.41) is 0.175. The normalized spacial score (nSPS) is 17.7. The summed E-state index contributed by atoms with van der Waals surface area (Å²) >= 11 is 7.65. The second-order valence-electron chi connectivity index (χ2n) is 11.5. The molecule has 0 bridgehead atoms. The van der Waals surface area contributed by atoms with Gasteiger partial charge in [-0.3, -0.25) is 4.98 Å². The van der Waals surface area contributed by atoms with E-state index in [0.717, 1.165) is 29.2 Å². The maximum absolute atomic E-state index is 14.2. The number of hydrogen-bond acceptors (Lipinski definition) is 3. The number of benzene rings is 3. The molecule has 8 heteroatoms. The fourth-order valence-corrected chi connectivity index (χ4v) is 7.99. The standard InChI is InChI=1S/C36H33ClF3NO2S/c1-25(2)12-9-10-21-44(42,43)32-20-19-28(27-15-7-4-8-16-27)23-35(32,37)33-29(22-26-13-5-3-6-14-26)24-41-34-30(33)17-11-18-31(34)36(38,39)40/h3-11,13-20,24-25H,12,21-23H2,1-2H3. The van der Waals surface area contributed by atoms with Crippen molar-refractivity contribution in [2.75, 3.05) is 5.75 Å². The average molecular weight is 636 g/mol. The van der Waals surface area contributed by atoms with Gasteiger partial charge < -0.3 is 0 Å². The number of allylic oxidation sites excluding steroid dienone is 5. The monoisotopic (exact) mass is 635 g/mol. The highest BCUT2D eigenvalue weighted by Crippen LogP contribution is 2.52. The molecule has 0 aliphatic heterocycles. The predicted molar refractivity (Wildman–Crippen MR) is 173 cm³/mol. The number of hydrogen-bond donors (Lipinski definition) is 0. The summed E-state index contributed by atoms with van der Waals surface area (Å²) in [5.41, 5.74) is 2.23. The van der Waals surface area contributed by atoms with E-state index < -0.39 is 26.5 Å². The van der Waals surface area contributed by atoms with Gasteiger partial charge in [0.15, 0.2) is 9.84 Å². The Hall–Kier alpha value is -3.68. The van der Waals surface area contributed by atoms with Crippen molar-refractivity contribution in [3.05, 3.63) is 142 Å². The molecule has 0 saturated carbocycles. The highest BCUT2D eigenvalue weighted by molar-refractivity contribution is 7.95. The Morgan fingerprint density at radius 1 is 0.932 bits per heavy atom. The zero-order valence-electron chi connectivity index (χ0n) is 24.5. The van der Waals surface area contributed by atoms with Crippen LogP contribution in [0.5, 0.6) is 0 Å². The predicted octanol–water partition coefficient (Wildman–Crippen LogP) is 9.67. The number of rotatable bonds is 9. The second kappa shape index (κ2) is 12.7. The number of aromatic nitrogens is 1. The van der Waals surface area contributed by atoms with Crippen molar-refractivity contribution in [3.63, 3.8) is 0 Å². The molecular weight excluding hydrogens is 603 g/mol. The Morgan fingerprint density at radius 2 is 1.61 bits per heavy atom. The first-order chi connectivity index (χ1) is 20.9. The van der Waals surface area contributed by atoms with Crippen molar-refractivity contribution in [3.8, 4) is 0 Å². The summed E-state index contributed by atoms with van der Waals surface area (Å²) in [4.78, 5) is 2.55. The Labute approximate surface area is 261 Å². The van der Waals surface area contributed by atoms with Crippen LogP contribution in [0.2, 0.25) is 0 Å². The third-order valence-corrected chi connectivity index (χ3v) is 10.2. The first kappa shape index (κ1) is 31.7. The summed E-state index contributed by atoms with van der Waals surface area (Å²) in [6, 6.07) is 22.7. The third-order valence-electron chi connectivity index (χ3n) is 7.74. The van der Waals surface area contributed by atoms with Gasteiger partial charge in [0.25, 0.3) is 0 Å². The fourth-order valence-electron chi connectivity index (χ4n) is 5.69. The van der Waals surface area contributed by atoms with E-state index in [-0.39, 0.29) is 28.0 Å². The van der Waals surface area contributed by atoms with E-state index in [4.69, 9.17) is 11.6 Å². The fraction of sp³-hybridized carbons (Fsp3) is 0.250. The molecule has 0 amide bonds. The molecule has 0 fully saturated rings. The van der Waals surface area contributed by atoms with Crippen molar-refractivity contribution < 1.29 is 21.6 Å². The molecule has 4 aromatic rings. The van der Waals surface area contributed by atoms with Gasteiger partial charge in [0, 0.05) is 18.0 Å². The van der Waals surface area contributed by atoms with Crippen LogP contribution in [-0.2, 0) is 27.3 Å². The topological polar surface area (TPSA) is 47.0 Å². The lowest BCUT2D eigenvalue weighted by Crippen LogP contribution is -2.32. The smallest absolute Gasteiger partial charge is 0.255 e. The van der Waals surface area contributed by atoms with Crippen LogP contribution >= 0.6 is 11.6 Å². The minimum Gasteiger partial charge on any atom is -0.255 e. The molecule has 228 valence electrons. The van der Waals surface area contributed by atoms with E-state index in [2.05, 4.69) is 4.98 Å². The lowest BCUT2D eigenvalue weighted by atomic mass is 9.80. The van der Waals surface area contributed by atoms with E-state index in [0.29, 0.717) is 23.5 Å². The molecule has 0 radical (unpaired) electrons. The maximum atomic E-state index is 14.2. The van der Waals surface area contributed by atoms with Crippen molar-refractivity contribution in [2.24, 2.45) is 5.92 Å². The molecule has 44 heavy (non-hydrogen) atoms. The Kier molecular flexibility index (Phi) is 9.19. The first-order valence-electron chi connectivity index (χ1n) is 14.5. The molecule has 3 nitrogen and oxygen atoms in total. The lowest BCUT2D eigenvalue weighted by Gasteiger charge is -2.36. The summed E-state index contributed by atoms with van der Waals surface area (Å²) < 4.78 is 70.8. The van der Waals surface area contributed by atoms with E-state index in [1.165, 1.54) is 18.3 Å². The van der Waals surface area contributed by atoms with Crippen LogP contribution in [-0.4, -0.2) is 19.2 Å². The molecule has 3 aromatic carbocycles. The zero-order chi connectivity index (χ0) is 31.5. The molecular formula is C36H33ClF3NO2S. The van der Waals surface area contributed by atoms with Crippen LogP contribution in [0.4, 0.5) is 13.2 Å². The van der Waals surface area contributed by atoms with E-state index >= 15 is 0 Å². The van der Waals surface area contributed by atoms with Gasteiger partial charge >= 0.3 is 6.18 Å². The van der Waals surface area contributed by atoms with Crippen molar-refractivity contribution >= 4 is 37.9 Å². The largest absolute Gasteiger partial charge is 0.418 e. The van der Waals surface area contributed by atoms with Crippen LogP contribution in [0.1, 0.15) is 54.5 Å². The molecule has 1 aliphatic rings. The number of alkyl halides is 4. The molecule has 0 spiro atoms. The van der Waals surface area contributed by atoms with Gasteiger partial charge in [-0.25, -0.2) is 8.42 Å². The van der Waals surface area contributed by atoms with E-state index in [1.807, 2.05) is 80.6 Å². The summed E-state index contributed by atoms with van der Waals surface area (Å²) in [5.74, 6) is 0.0808. The van der Waals surface area contributed by atoms with Crippen molar-refractivity contribution in [1.29, 1.82) is 0 Å². The molecule has 1 heterocycles. The molecule has 0 N–H and O–H groups in total. The Bertz CT molecular complexity index is 1850. The number of fused-ring (bicyclic) bond motifs is 1. The van der Waals surface area contributed by atoms with Gasteiger partial charge in [0.1, 0.15) is 4.87 Å². The number of nitrogens with zero attached hydrogens (tertiary/aromatic N) is 1. The Morgan fingerprint density at radius 3 is 2.27 bits per heavy atom. The molecule has 1 atom stereocenters. The van der Waals surface area contributed by atoms with Crippen LogP contribution < -0.4 is 0 Å². The van der Waals surface area contributed by atoms with Crippen LogP contribution in [0.15, 0.2) is 114 Å². The summed E-state index contributed by atoms with van der Waals surface area (Å²) in [6.45, 7) is 4.08. The average Bonchev–Trinajstić information content (AvgIpc) is 2.99. The van der Waals surface area contributed by atoms with Crippen LogP contribution in [0, 0.1) is 5.92 Å². The van der Waals surface area contributed by atoms with E-state index in [1.54, 1.807) is 18.2 Å². The molecule has 5 rings (SSSR count). The van der Waals surface area contributed by atoms with Crippen molar-refractivity contribution in [2.45, 2.75) is 44.2 Å². The summed E-state index contributed by atoms with van der Waals surface area (Å²) in [6.07, 6.45) is 4.56. The van der Waals surface area contributed by atoms with Crippen LogP contribution in [0.25, 0.3) is 16.5 Å².